The maximum absolute atomic E-state index is 12.9. The standard InChI is InChI=1S/C13H14FN3O2/c14-9-1-3-10(4-2-9)16-7-11-5-15-6-12(18)17(11)8-13(16)19/h1-4,11,15H,5-8H2. The number of nitrogens with one attached hydrogen (secondary N) is 1. The van der Waals surface area contributed by atoms with Gasteiger partial charge in [0.2, 0.25) is 11.8 Å². The normalized spacial score (nSPS) is 23.5. The monoisotopic (exact) mass is 263 g/mol. The molecule has 1 aromatic carbocycles. The Hall–Kier alpha value is -1.95. The van der Waals surface area contributed by atoms with Crippen LogP contribution in [0.3, 0.4) is 0 Å². The van der Waals surface area contributed by atoms with Crippen molar-refractivity contribution in [2.24, 2.45) is 0 Å². The Morgan fingerprint density at radius 3 is 2.63 bits per heavy atom. The van der Waals surface area contributed by atoms with Crippen LogP contribution < -0.4 is 10.2 Å². The van der Waals surface area contributed by atoms with E-state index in [1.165, 1.54) is 12.1 Å². The van der Waals surface area contributed by atoms with E-state index >= 15 is 0 Å². The summed E-state index contributed by atoms with van der Waals surface area (Å²) in [6, 6.07) is 5.82. The zero-order chi connectivity index (χ0) is 13.4. The number of benzene rings is 1. The summed E-state index contributed by atoms with van der Waals surface area (Å²) in [5.74, 6) is -0.495. The smallest absolute Gasteiger partial charge is 0.246 e. The molecule has 2 saturated heterocycles. The summed E-state index contributed by atoms with van der Waals surface area (Å²) in [5.41, 5.74) is 0.670. The van der Waals surface area contributed by atoms with Crippen molar-refractivity contribution in [2.45, 2.75) is 6.04 Å². The van der Waals surface area contributed by atoms with Crippen LogP contribution in [0.2, 0.25) is 0 Å². The molecule has 1 aromatic rings. The highest BCUT2D eigenvalue weighted by atomic mass is 19.1. The number of amides is 2. The zero-order valence-electron chi connectivity index (χ0n) is 10.3. The molecule has 0 saturated carbocycles. The van der Waals surface area contributed by atoms with E-state index in [1.54, 1.807) is 21.9 Å². The highest BCUT2D eigenvalue weighted by Gasteiger charge is 2.37. The molecule has 0 radical (unpaired) electrons. The van der Waals surface area contributed by atoms with Crippen molar-refractivity contribution in [2.75, 3.05) is 31.1 Å². The second-order valence-corrected chi connectivity index (χ2v) is 4.79. The van der Waals surface area contributed by atoms with Gasteiger partial charge in [0.05, 0.1) is 12.6 Å². The Bertz CT molecular complexity index is 517. The Morgan fingerprint density at radius 2 is 1.89 bits per heavy atom. The lowest BCUT2D eigenvalue weighted by Crippen LogP contribution is -2.65. The lowest BCUT2D eigenvalue weighted by molar-refractivity contribution is -0.141. The van der Waals surface area contributed by atoms with E-state index in [0.29, 0.717) is 25.3 Å². The van der Waals surface area contributed by atoms with Crippen molar-refractivity contribution in [1.82, 2.24) is 10.2 Å². The number of piperazine rings is 2. The van der Waals surface area contributed by atoms with E-state index in [4.69, 9.17) is 0 Å². The molecular formula is C13H14FN3O2. The fourth-order valence-corrected chi connectivity index (χ4v) is 2.56. The molecule has 0 aliphatic carbocycles. The lowest BCUT2D eigenvalue weighted by atomic mass is 10.1. The summed E-state index contributed by atoms with van der Waals surface area (Å²) in [6.07, 6.45) is 0. The first-order valence-corrected chi connectivity index (χ1v) is 6.21. The number of rotatable bonds is 1. The molecule has 1 unspecified atom stereocenters. The predicted molar refractivity (Wildman–Crippen MR) is 67.1 cm³/mol. The van der Waals surface area contributed by atoms with Crippen molar-refractivity contribution in [3.05, 3.63) is 30.1 Å². The molecule has 3 rings (SSSR count). The molecule has 0 spiro atoms. The van der Waals surface area contributed by atoms with Gasteiger partial charge in [-0.1, -0.05) is 0 Å². The minimum absolute atomic E-state index is 0.0102. The third-order valence-corrected chi connectivity index (χ3v) is 3.56. The van der Waals surface area contributed by atoms with Crippen LogP contribution >= 0.6 is 0 Å². The quantitative estimate of drug-likeness (QED) is 0.774. The molecule has 19 heavy (non-hydrogen) atoms. The summed E-state index contributed by atoms with van der Waals surface area (Å²) >= 11 is 0. The average Bonchev–Trinajstić information content (AvgIpc) is 2.40. The second kappa shape index (κ2) is 4.62. The van der Waals surface area contributed by atoms with Crippen LogP contribution in [0.5, 0.6) is 0 Å². The van der Waals surface area contributed by atoms with Crippen LogP contribution in [0.4, 0.5) is 10.1 Å². The molecule has 6 heteroatoms. The summed E-state index contributed by atoms with van der Waals surface area (Å²) in [7, 11) is 0. The van der Waals surface area contributed by atoms with Crippen LogP contribution in [0.15, 0.2) is 24.3 Å². The van der Waals surface area contributed by atoms with E-state index in [2.05, 4.69) is 5.32 Å². The topological polar surface area (TPSA) is 52.7 Å². The van der Waals surface area contributed by atoms with Crippen molar-refractivity contribution in [1.29, 1.82) is 0 Å². The van der Waals surface area contributed by atoms with Gasteiger partial charge in [-0.25, -0.2) is 4.39 Å². The third-order valence-electron chi connectivity index (χ3n) is 3.56. The fraction of sp³-hybridized carbons (Fsp3) is 0.385. The van der Waals surface area contributed by atoms with Gasteiger partial charge in [-0.15, -0.1) is 0 Å². The number of carbonyl (C=O) groups excluding carboxylic acids is 2. The van der Waals surface area contributed by atoms with Crippen molar-refractivity contribution >= 4 is 17.5 Å². The molecule has 2 aliphatic heterocycles. The molecule has 2 aliphatic rings. The van der Waals surface area contributed by atoms with Gasteiger partial charge < -0.3 is 15.1 Å². The number of halogens is 1. The van der Waals surface area contributed by atoms with Crippen LogP contribution in [-0.2, 0) is 9.59 Å². The minimum Gasteiger partial charge on any atom is -0.326 e. The third kappa shape index (κ3) is 2.19. The minimum atomic E-state index is -0.329. The van der Waals surface area contributed by atoms with Gasteiger partial charge in [-0.05, 0) is 24.3 Å². The number of nitrogens with zero attached hydrogens (tertiary/aromatic N) is 2. The maximum atomic E-state index is 12.9. The summed E-state index contributed by atoms with van der Waals surface area (Å²) in [4.78, 5) is 27.0. The molecular weight excluding hydrogens is 249 g/mol. The van der Waals surface area contributed by atoms with E-state index in [-0.39, 0.29) is 30.2 Å². The Labute approximate surface area is 110 Å². The van der Waals surface area contributed by atoms with Crippen molar-refractivity contribution in [3.63, 3.8) is 0 Å². The lowest BCUT2D eigenvalue weighted by Gasteiger charge is -2.43. The van der Waals surface area contributed by atoms with Gasteiger partial charge in [0.1, 0.15) is 12.4 Å². The number of anilines is 1. The molecule has 2 fully saturated rings. The summed E-state index contributed by atoms with van der Waals surface area (Å²) in [5, 5.41) is 3.04. The highest BCUT2D eigenvalue weighted by molar-refractivity contribution is 5.98. The first-order valence-electron chi connectivity index (χ1n) is 6.21. The molecule has 5 nitrogen and oxygen atoms in total. The Kier molecular flexibility index (Phi) is 2.94. The summed E-state index contributed by atoms with van der Waals surface area (Å²) < 4.78 is 12.9. The molecule has 1 atom stereocenters. The Balaban J connectivity index is 1.82. The molecule has 0 aromatic heterocycles. The SMILES string of the molecule is O=C1CN2C(=O)CNCC2CN1c1ccc(F)cc1. The van der Waals surface area contributed by atoms with Gasteiger partial charge in [-0.2, -0.15) is 0 Å². The van der Waals surface area contributed by atoms with Crippen LogP contribution in [-0.4, -0.2) is 48.9 Å². The largest absolute Gasteiger partial charge is 0.326 e. The van der Waals surface area contributed by atoms with E-state index in [1.807, 2.05) is 0 Å². The van der Waals surface area contributed by atoms with Gasteiger partial charge >= 0.3 is 0 Å². The van der Waals surface area contributed by atoms with Crippen LogP contribution in [0.25, 0.3) is 0 Å². The van der Waals surface area contributed by atoms with Crippen molar-refractivity contribution in [3.8, 4) is 0 Å². The first kappa shape index (κ1) is 12.1. The first-order chi connectivity index (χ1) is 9.15. The average molecular weight is 263 g/mol. The van der Waals surface area contributed by atoms with Gasteiger partial charge in [-0.3, -0.25) is 9.59 Å². The molecule has 2 amide bonds. The summed E-state index contributed by atoms with van der Waals surface area (Å²) in [6.45, 7) is 1.52. The molecule has 2 heterocycles. The van der Waals surface area contributed by atoms with E-state index in [0.717, 1.165) is 0 Å². The van der Waals surface area contributed by atoms with Crippen LogP contribution in [0, 0.1) is 5.82 Å². The zero-order valence-corrected chi connectivity index (χ0v) is 10.3. The van der Waals surface area contributed by atoms with Gasteiger partial charge in [0.25, 0.3) is 0 Å². The highest BCUT2D eigenvalue weighted by Crippen LogP contribution is 2.21. The number of hydrogen-bond donors (Lipinski definition) is 1. The fourth-order valence-electron chi connectivity index (χ4n) is 2.56. The molecule has 100 valence electrons. The molecule has 1 N–H and O–H groups in total. The second-order valence-electron chi connectivity index (χ2n) is 4.79. The number of fused-ring (bicyclic) bond motifs is 1. The van der Waals surface area contributed by atoms with Gasteiger partial charge in [0.15, 0.2) is 0 Å². The number of carbonyl (C=O) groups is 2. The van der Waals surface area contributed by atoms with Crippen molar-refractivity contribution < 1.29 is 14.0 Å². The Morgan fingerprint density at radius 1 is 1.16 bits per heavy atom. The maximum Gasteiger partial charge on any atom is 0.246 e. The van der Waals surface area contributed by atoms with E-state index in [9.17, 15) is 14.0 Å². The molecule has 0 bridgehead atoms. The van der Waals surface area contributed by atoms with Gasteiger partial charge in [0, 0.05) is 18.8 Å². The number of hydrogen-bond acceptors (Lipinski definition) is 3. The van der Waals surface area contributed by atoms with Crippen LogP contribution in [0.1, 0.15) is 0 Å². The van der Waals surface area contributed by atoms with E-state index < -0.39 is 0 Å². The predicted octanol–water partition coefficient (Wildman–Crippen LogP) is -0.0273.